The van der Waals surface area contributed by atoms with Crippen LogP contribution in [0.3, 0.4) is 0 Å². The predicted octanol–water partition coefficient (Wildman–Crippen LogP) is 2.99. The second kappa shape index (κ2) is 10.2. The fourth-order valence-electron chi connectivity index (χ4n) is 2.76. The van der Waals surface area contributed by atoms with Crippen molar-refractivity contribution in [2.24, 2.45) is 0 Å². The van der Waals surface area contributed by atoms with Crippen LogP contribution in [-0.2, 0) is 27.2 Å². The fraction of sp³-hybridized carbons (Fsp3) is 0.250. The van der Waals surface area contributed by atoms with Gasteiger partial charge in [-0.25, -0.2) is 9.18 Å². The molecule has 0 spiro atoms. The number of halogens is 3. The van der Waals surface area contributed by atoms with Gasteiger partial charge < -0.3 is 15.7 Å². The molecule has 154 valence electrons. The molecule has 0 fully saturated rings. The molecule has 0 heterocycles. The Balaban J connectivity index is 2.19. The van der Waals surface area contributed by atoms with E-state index < -0.39 is 35.7 Å². The molecule has 0 saturated heterocycles. The minimum absolute atomic E-state index is 0.0115. The Kier molecular flexibility index (Phi) is 7.99. The predicted molar refractivity (Wildman–Crippen MR) is 107 cm³/mol. The minimum atomic E-state index is -1.33. The first kappa shape index (κ1) is 22.6. The summed E-state index contributed by atoms with van der Waals surface area (Å²) in [5.41, 5.74) is 0.852. The van der Waals surface area contributed by atoms with Crippen molar-refractivity contribution in [3.05, 3.63) is 69.5 Å². The maximum Gasteiger partial charge on any atom is 0.326 e. The average molecular weight is 441 g/mol. The molecule has 0 unspecified atom stereocenters. The normalized spacial score (nSPS) is 12.7. The van der Waals surface area contributed by atoms with Crippen molar-refractivity contribution in [1.29, 1.82) is 0 Å². The highest BCUT2D eigenvalue weighted by molar-refractivity contribution is 6.36. The number of benzene rings is 2. The largest absolute Gasteiger partial charge is 0.480 e. The number of nitrogens with one attached hydrogen (secondary N) is 2. The molecule has 0 radical (unpaired) electrons. The molecule has 0 aliphatic rings. The number of hydrogen-bond donors (Lipinski definition) is 3. The fourth-order valence-corrected chi connectivity index (χ4v) is 3.31. The lowest BCUT2D eigenvalue weighted by molar-refractivity contribution is -0.142. The summed E-state index contributed by atoms with van der Waals surface area (Å²) in [6, 6.07) is 7.90. The molecule has 2 rings (SSSR count). The third-order valence-corrected chi connectivity index (χ3v) is 4.82. The molecule has 3 N–H and O–H groups in total. The highest BCUT2D eigenvalue weighted by Crippen LogP contribution is 2.25. The van der Waals surface area contributed by atoms with Crippen LogP contribution in [0.25, 0.3) is 0 Å². The molecule has 29 heavy (non-hydrogen) atoms. The van der Waals surface area contributed by atoms with Crippen molar-refractivity contribution in [2.45, 2.75) is 31.8 Å². The third kappa shape index (κ3) is 6.73. The molecule has 9 heteroatoms. The van der Waals surface area contributed by atoms with Crippen LogP contribution in [-0.4, -0.2) is 35.0 Å². The number of carbonyl (C=O) groups is 3. The summed E-state index contributed by atoms with van der Waals surface area (Å²) in [5, 5.41) is 14.9. The van der Waals surface area contributed by atoms with Crippen molar-refractivity contribution in [3.63, 3.8) is 0 Å². The van der Waals surface area contributed by atoms with E-state index in [9.17, 15) is 23.9 Å². The highest BCUT2D eigenvalue weighted by atomic mass is 35.5. The van der Waals surface area contributed by atoms with Gasteiger partial charge in [0.2, 0.25) is 11.8 Å². The summed E-state index contributed by atoms with van der Waals surface area (Å²) in [6.07, 6.45) is -0.158. The second-order valence-electron chi connectivity index (χ2n) is 6.39. The van der Waals surface area contributed by atoms with Gasteiger partial charge in [0.15, 0.2) is 0 Å². The number of hydrogen-bond acceptors (Lipinski definition) is 3. The van der Waals surface area contributed by atoms with E-state index in [2.05, 4.69) is 10.6 Å². The molecule has 0 saturated carbocycles. The topological polar surface area (TPSA) is 95.5 Å². The quantitative estimate of drug-likeness (QED) is 0.587. The van der Waals surface area contributed by atoms with Gasteiger partial charge >= 0.3 is 5.97 Å². The third-order valence-electron chi connectivity index (χ3n) is 4.11. The van der Waals surface area contributed by atoms with Gasteiger partial charge in [0.25, 0.3) is 0 Å². The van der Waals surface area contributed by atoms with Crippen LogP contribution in [0.4, 0.5) is 4.39 Å². The molecule has 0 aliphatic heterocycles. The lowest BCUT2D eigenvalue weighted by Crippen LogP contribution is -2.52. The lowest BCUT2D eigenvalue weighted by Gasteiger charge is -2.22. The molecule has 0 aliphatic carbocycles. The first-order valence-electron chi connectivity index (χ1n) is 8.65. The van der Waals surface area contributed by atoms with Gasteiger partial charge in [-0.3, -0.25) is 9.59 Å². The number of carbonyl (C=O) groups excluding carboxylic acids is 2. The summed E-state index contributed by atoms with van der Waals surface area (Å²) in [4.78, 5) is 35.9. The van der Waals surface area contributed by atoms with Gasteiger partial charge in [0.1, 0.15) is 17.9 Å². The summed E-state index contributed by atoms with van der Waals surface area (Å²) >= 11 is 12.2. The Labute approximate surface area is 177 Å². The standard InChI is InChI=1S/C20H19Cl2FN2O4/c1-11(26)24-17(9-12-4-2-5-13(23)8-12)19(27)25-18(20(28)29)10-14-15(21)6-3-7-16(14)22/h2-8,17-18H,9-10H2,1H3,(H,24,26)(H,25,27)(H,28,29)/t17-,18+/m1/s1. The Morgan fingerprint density at radius 2 is 1.62 bits per heavy atom. The number of carboxylic acids is 1. The average Bonchev–Trinajstić information content (AvgIpc) is 2.62. The van der Waals surface area contributed by atoms with Crippen LogP contribution in [0.15, 0.2) is 42.5 Å². The Bertz CT molecular complexity index is 903. The maximum atomic E-state index is 13.4. The van der Waals surface area contributed by atoms with Gasteiger partial charge in [-0.15, -0.1) is 0 Å². The van der Waals surface area contributed by atoms with E-state index in [1.165, 1.54) is 25.1 Å². The van der Waals surface area contributed by atoms with Crippen LogP contribution in [0.5, 0.6) is 0 Å². The van der Waals surface area contributed by atoms with Crippen LogP contribution < -0.4 is 10.6 Å². The second-order valence-corrected chi connectivity index (χ2v) is 7.21. The van der Waals surface area contributed by atoms with Crippen molar-refractivity contribution >= 4 is 41.0 Å². The zero-order valence-electron chi connectivity index (χ0n) is 15.4. The zero-order valence-corrected chi connectivity index (χ0v) is 16.9. The molecule has 2 aromatic rings. The van der Waals surface area contributed by atoms with E-state index in [1.807, 2.05) is 0 Å². The Hall–Kier alpha value is -2.64. The Morgan fingerprint density at radius 3 is 2.17 bits per heavy atom. The number of carboxylic acid groups (broad SMARTS) is 1. The molecular weight excluding hydrogens is 422 g/mol. The molecular formula is C20H19Cl2FN2O4. The first-order chi connectivity index (χ1) is 13.7. The van der Waals surface area contributed by atoms with E-state index in [1.54, 1.807) is 24.3 Å². The summed E-state index contributed by atoms with van der Waals surface area (Å²) < 4.78 is 13.4. The van der Waals surface area contributed by atoms with Crippen LogP contribution in [0, 0.1) is 5.82 Å². The monoisotopic (exact) mass is 440 g/mol. The minimum Gasteiger partial charge on any atom is -0.480 e. The van der Waals surface area contributed by atoms with Gasteiger partial charge in [-0.1, -0.05) is 41.4 Å². The molecule has 0 bridgehead atoms. The van der Waals surface area contributed by atoms with Gasteiger partial charge in [-0.05, 0) is 35.4 Å². The molecule has 0 aromatic heterocycles. The van der Waals surface area contributed by atoms with Crippen LogP contribution >= 0.6 is 23.2 Å². The molecule has 6 nitrogen and oxygen atoms in total. The summed E-state index contributed by atoms with van der Waals surface area (Å²) in [6.45, 7) is 1.23. The number of aliphatic carboxylic acids is 1. The van der Waals surface area contributed by atoms with Crippen molar-refractivity contribution in [2.75, 3.05) is 0 Å². The summed E-state index contributed by atoms with van der Waals surface area (Å²) in [5.74, 6) is -2.98. The van der Waals surface area contributed by atoms with E-state index >= 15 is 0 Å². The maximum absolute atomic E-state index is 13.4. The SMILES string of the molecule is CC(=O)N[C@H](Cc1cccc(F)c1)C(=O)N[C@@H](Cc1c(Cl)cccc1Cl)C(=O)O. The van der Waals surface area contributed by atoms with Gasteiger partial charge in [0.05, 0.1) is 0 Å². The number of amides is 2. The highest BCUT2D eigenvalue weighted by Gasteiger charge is 2.27. The zero-order chi connectivity index (χ0) is 21.6. The number of rotatable bonds is 8. The first-order valence-corrected chi connectivity index (χ1v) is 9.40. The lowest BCUT2D eigenvalue weighted by atomic mass is 10.0. The van der Waals surface area contributed by atoms with Gasteiger partial charge in [0, 0.05) is 29.8 Å². The van der Waals surface area contributed by atoms with Crippen molar-refractivity contribution < 1.29 is 23.9 Å². The van der Waals surface area contributed by atoms with Crippen LogP contribution in [0.1, 0.15) is 18.1 Å². The van der Waals surface area contributed by atoms with Crippen molar-refractivity contribution in [1.82, 2.24) is 10.6 Å². The van der Waals surface area contributed by atoms with E-state index in [0.717, 1.165) is 0 Å². The summed E-state index contributed by atoms with van der Waals surface area (Å²) in [7, 11) is 0. The Morgan fingerprint density at radius 1 is 1.00 bits per heavy atom. The van der Waals surface area contributed by atoms with Crippen molar-refractivity contribution in [3.8, 4) is 0 Å². The van der Waals surface area contributed by atoms with E-state index in [0.29, 0.717) is 11.1 Å². The van der Waals surface area contributed by atoms with E-state index in [-0.39, 0.29) is 22.9 Å². The van der Waals surface area contributed by atoms with E-state index in [4.69, 9.17) is 23.2 Å². The molecule has 2 aromatic carbocycles. The van der Waals surface area contributed by atoms with Crippen LogP contribution in [0.2, 0.25) is 10.0 Å². The smallest absolute Gasteiger partial charge is 0.326 e. The molecule has 2 atom stereocenters. The van der Waals surface area contributed by atoms with Gasteiger partial charge in [-0.2, -0.15) is 0 Å². The molecule has 2 amide bonds.